The van der Waals surface area contributed by atoms with Gasteiger partial charge in [-0.25, -0.2) is 14.2 Å². The number of carbonyl (C=O) groups excluding carboxylic acids is 1. The largest absolute Gasteiger partial charge is 0.465 e. The van der Waals surface area contributed by atoms with Gasteiger partial charge in [0.25, 0.3) is 0 Å². The highest BCUT2D eigenvalue weighted by Crippen LogP contribution is 2.29. The van der Waals surface area contributed by atoms with Crippen molar-refractivity contribution in [2.24, 2.45) is 0 Å². The number of alkyl halides is 3. The lowest BCUT2D eigenvalue weighted by Gasteiger charge is -2.07. The molecule has 0 unspecified atom stereocenters. The lowest BCUT2D eigenvalue weighted by Crippen LogP contribution is -2.13. The standard InChI is InChI=1S/C8H5F4NO2/c1-15-7(14)4-2-5(9)6(13-3-4)8(10,11)12/h2-3H,1H3. The maximum atomic E-state index is 12.9. The molecule has 0 saturated heterocycles. The SMILES string of the molecule is COC(=O)c1cnc(C(F)(F)F)c(F)c1. The van der Waals surface area contributed by atoms with Crippen molar-refractivity contribution in [3.05, 3.63) is 29.3 Å². The predicted octanol–water partition coefficient (Wildman–Crippen LogP) is 2.03. The van der Waals surface area contributed by atoms with Crippen LogP contribution in [0.4, 0.5) is 17.6 Å². The normalized spacial score (nSPS) is 11.3. The molecular formula is C8H5F4NO2. The van der Waals surface area contributed by atoms with Gasteiger partial charge in [-0.15, -0.1) is 0 Å². The highest BCUT2D eigenvalue weighted by Gasteiger charge is 2.36. The molecule has 1 aromatic heterocycles. The zero-order valence-electron chi connectivity index (χ0n) is 7.43. The van der Waals surface area contributed by atoms with Crippen LogP contribution in [0.2, 0.25) is 0 Å². The lowest BCUT2D eigenvalue weighted by atomic mass is 10.2. The molecule has 0 aliphatic carbocycles. The highest BCUT2D eigenvalue weighted by atomic mass is 19.4. The second-order valence-electron chi connectivity index (χ2n) is 2.54. The van der Waals surface area contributed by atoms with E-state index in [0.717, 1.165) is 7.11 Å². The minimum absolute atomic E-state index is 0.372. The summed E-state index contributed by atoms with van der Waals surface area (Å²) < 4.78 is 53.2. The first kappa shape index (κ1) is 11.4. The third-order valence-corrected chi connectivity index (χ3v) is 1.53. The molecule has 82 valence electrons. The van der Waals surface area contributed by atoms with Crippen LogP contribution in [0.1, 0.15) is 16.1 Å². The Morgan fingerprint density at radius 1 is 1.47 bits per heavy atom. The van der Waals surface area contributed by atoms with E-state index < -0.39 is 23.7 Å². The zero-order chi connectivity index (χ0) is 11.6. The van der Waals surface area contributed by atoms with Crippen molar-refractivity contribution in [3.63, 3.8) is 0 Å². The Hall–Kier alpha value is -1.66. The number of esters is 1. The summed E-state index contributed by atoms with van der Waals surface area (Å²) in [6.07, 6.45) is -4.27. The van der Waals surface area contributed by atoms with Gasteiger partial charge in [0, 0.05) is 6.20 Å². The van der Waals surface area contributed by atoms with Crippen LogP contribution < -0.4 is 0 Å². The van der Waals surface area contributed by atoms with Crippen LogP contribution in [-0.2, 0) is 10.9 Å². The van der Waals surface area contributed by atoms with Gasteiger partial charge in [-0.05, 0) is 6.07 Å². The summed E-state index contributed by atoms with van der Waals surface area (Å²) in [6, 6.07) is 0.432. The predicted molar refractivity (Wildman–Crippen MR) is 40.5 cm³/mol. The van der Waals surface area contributed by atoms with E-state index in [1.165, 1.54) is 0 Å². The van der Waals surface area contributed by atoms with E-state index in [1.54, 1.807) is 0 Å². The Labute approximate surface area is 81.7 Å². The Morgan fingerprint density at radius 2 is 2.07 bits per heavy atom. The number of methoxy groups -OCH3 is 1. The molecule has 0 aliphatic rings. The lowest BCUT2D eigenvalue weighted by molar-refractivity contribution is -0.143. The molecule has 1 heterocycles. The summed E-state index contributed by atoms with van der Waals surface area (Å²) >= 11 is 0. The Balaban J connectivity index is 3.15. The van der Waals surface area contributed by atoms with Crippen molar-refractivity contribution < 1.29 is 27.1 Å². The average molecular weight is 223 g/mol. The first-order valence-electron chi connectivity index (χ1n) is 3.67. The molecule has 1 rings (SSSR count). The fourth-order valence-electron chi connectivity index (χ4n) is 0.876. The fourth-order valence-corrected chi connectivity index (χ4v) is 0.876. The summed E-state index contributed by atoms with van der Waals surface area (Å²) in [6.45, 7) is 0. The molecule has 0 fully saturated rings. The third kappa shape index (κ3) is 2.42. The Morgan fingerprint density at radius 3 is 2.47 bits per heavy atom. The van der Waals surface area contributed by atoms with Gasteiger partial charge in [0.2, 0.25) is 0 Å². The number of nitrogens with zero attached hydrogens (tertiary/aromatic N) is 1. The summed E-state index contributed by atoms with van der Waals surface area (Å²) in [4.78, 5) is 13.6. The van der Waals surface area contributed by atoms with E-state index in [4.69, 9.17) is 0 Å². The van der Waals surface area contributed by atoms with Crippen LogP contribution in [0.25, 0.3) is 0 Å². The monoisotopic (exact) mass is 223 g/mol. The number of hydrogen-bond donors (Lipinski definition) is 0. The third-order valence-electron chi connectivity index (χ3n) is 1.53. The fraction of sp³-hybridized carbons (Fsp3) is 0.250. The van der Waals surface area contributed by atoms with Crippen molar-refractivity contribution in [1.29, 1.82) is 0 Å². The van der Waals surface area contributed by atoms with Crippen molar-refractivity contribution in [1.82, 2.24) is 4.98 Å². The molecule has 1 aromatic rings. The molecule has 15 heavy (non-hydrogen) atoms. The van der Waals surface area contributed by atoms with E-state index in [2.05, 4.69) is 9.72 Å². The van der Waals surface area contributed by atoms with E-state index in [9.17, 15) is 22.4 Å². The van der Waals surface area contributed by atoms with Crippen LogP contribution >= 0.6 is 0 Å². The summed E-state index contributed by atoms with van der Waals surface area (Å²) in [7, 11) is 1.03. The molecule has 0 bridgehead atoms. The molecule has 0 spiro atoms. The molecule has 0 atom stereocenters. The van der Waals surface area contributed by atoms with Gasteiger partial charge in [0.15, 0.2) is 11.5 Å². The van der Waals surface area contributed by atoms with Crippen molar-refractivity contribution in [3.8, 4) is 0 Å². The summed E-state index contributed by atoms with van der Waals surface area (Å²) in [5, 5.41) is 0. The molecule has 0 radical (unpaired) electrons. The van der Waals surface area contributed by atoms with E-state index >= 15 is 0 Å². The maximum absolute atomic E-state index is 12.9. The number of ether oxygens (including phenoxy) is 1. The quantitative estimate of drug-likeness (QED) is 0.540. The molecule has 0 N–H and O–H groups in total. The average Bonchev–Trinajstić information content (AvgIpc) is 2.14. The number of pyridine rings is 1. The Kier molecular flexibility index (Phi) is 2.92. The van der Waals surface area contributed by atoms with Gasteiger partial charge in [0.1, 0.15) is 0 Å². The van der Waals surface area contributed by atoms with Gasteiger partial charge in [-0.3, -0.25) is 0 Å². The van der Waals surface area contributed by atoms with Crippen molar-refractivity contribution >= 4 is 5.97 Å². The maximum Gasteiger partial charge on any atom is 0.436 e. The number of halogens is 4. The minimum atomic E-state index is -4.88. The van der Waals surface area contributed by atoms with Crippen LogP contribution in [0.5, 0.6) is 0 Å². The van der Waals surface area contributed by atoms with Gasteiger partial charge in [-0.2, -0.15) is 13.2 Å². The van der Waals surface area contributed by atoms with Crippen molar-refractivity contribution in [2.75, 3.05) is 7.11 Å². The van der Waals surface area contributed by atoms with Gasteiger partial charge in [0.05, 0.1) is 12.7 Å². The number of aromatic nitrogens is 1. The van der Waals surface area contributed by atoms with Gasteiger partial charge in [-0.1, -0.05) is 0 Å². The molecule has 0 amide bonds. The zero-order valence-corrected chi connectivity index (χ0v) is 7.43. The molecule has 7 heteroatoms. The molecule has 0 saturated carbocycles. The van der Waals surface area contributed by atoms with E-state index in [0.29, 0.717) is 12.3 Å². The first-order valence-corrected chi connectivity index (χ1v) is 3.67. The molecule has 0 aromatic carbocycles. The van der Waals surface area contributed by atoms with Crippen LogP contribution in [0.3, 0.4) is 0 Å². The van der Waals surface area contributed by atoms with Crippen LogP contribution in [-0.4, -0.2) is 18.1 Å². The molecular weight excluding hydrogens is 218 g/mol. The highest BCUT2D eigenvalue weighted by molar-refractivity contribution is 5.88. The molecule has 3 nitrogen and oxygen atoms in total. The van der Waals surface area contributed by atoms with E-state index in [1.807, 2.05) is 0 Å². The molecule has 0 aliphatic heterocycles. The number of hydrogen-bond acceptors (Lipinski definition) is 3. The van der Waals surface area contributed by atoms with E-state index in [-0.39, 0.29) is 5.56 Å². The van der Waals surface area contributed by atoms with Crippen LogP contribution in [0, 0.1) is 5.82 Å². The van der Waals surface area contributed by atoms with Gasteiger partial charge < -0.3 is 4.74 Å². The topological polar surface area (TPSA) is 39.2 Å². The smallest absolute Gasteiger partial charge is 0.436 e. The number of rotatable bonds is 1. The minimum Gasteiger partial charge on any atom is -0.465 e. The van der Waals surface area contributed by atoms with Crippen molar-refractivity contribution in [2.45, 2.75) is 6.18 Å². The summed E-state index contributed by atoms with van der Waals surface area (Å²) in [5.74, 6) is -2.56. The first-order chi connectivity index (χ1) is 6.86. The second-order valence-corrected chi connectivity index (χ2v) is 2.54. The van der Waals surface area contributed by atoms with Gasteiger partial charge >= 0.3 is 12.1 Å². The Bertz CT molecular complexity index is 389. The second kappa shape index (κ2) is 3.84. The summed E-state index contributed by atoms with van der Waals surface area (Å²) in [5.41, 5.74) is -2.03. The van der Waals surface area contributed by atoms with Crippen LogP contribution in [0.15, 0.2) is 12.3 Å². The number of carbonyl (C=O) groups is 1.